The van der Waals surface area contributed by atoms with Crippen molar-refractivity contribution in [3.05, 3.63) is 16.1 Å². The minimum atomic E-state index is -0.268. The van der Waals surface area contributed by atoms with Gasteiger partial charge in [0.2, 0.25) is 0 Å². The van der Waals surface area contributed by atoms with Gasteiger partial charge in [-0.2, -0.15) is 0 Å². The van der Waals surface area contributed by atoms with Gasteiger partial charge in [0.1, 0.15) is 6.61 Å². The smallest absolute Gasteiger partial charge is 0.303 e. The van der Waals surface area contributed by atoms with Crippen LogP contribution in [0.1, 0.15) is 38.4 Å². The van der Waals surface area contributed by atoms with Crippen molar-refractivity contribution >= 4 is 17.3 Å². The number of hydrogen-bond donors (Lipinski definition) is 0. The normalized spacial score (nSPS) is 11.4. The molecule has 4 heteroatoms. The second kappa shape index (κ2) is 4.09. The van der Waals surface area contributed by atoms with E-state index in [1.807, 2.05) is 5.38 Å². The molecule has 0 aromatic carbocycles. The number of esters is 1. The molecule has 1 heterocycles. The van der Waals surface area contributed by atoms with Crippen LogP contribution in [-0.4, -0.2) is 11.0 Å². The molecule has 0 aliphatic rings. The molecule has 0 radical (unpaired) electrons. The van der Waals surface area contributed by atoms with E-state index in [1.165, 1.54) is 6.92 Å². The number of aromatic nitrogens is 1. The van der Waals surface area contributed by atoms with Gasteiger partial charge in [-0.3, -0.25) is 4.79 Å². The lowest BCUT2D eigenvalue weighted by Gasteiger charge is -2.13. The SMILES string of the molecule is CC(=O)OCc1csc(C(C)(C)C)n1. The third kappa shape index (κ3) is 3.10. The number of rotatable bonds is 2. The zero-order valence-electron chi connectivity index (χ0n) is 8.96. The summed E-state index contributed by atoms with van der Waals surface area (Å²) < 4.78 is 4.86. The lowest BCUT2D eigenvalue weighted by Crippen LogP contribution is -2.10. The minimum absolute atomic E-state index is 0.0686. The Hall–Kier alpha value is -0.900. The molecule has 0 saturated carbocycles. The summed E-state index contributed by atoms with van der Waals surface area (Å²) in [5.41, 5.74) is 0.897. The van der Waals surface area contributed by atoms with Crippen LogP contribution in [0.3, 0.4) is 0 Å². The van der Waals surface area contributed by atoms with Gasteiger partial charge in [0.05, 0.1) is 10.7 Å². The van der Waals surface area contributed by atoms with E-state index >= 15 is 0 Å². The molecule has 1 aromatic rings. The second-order valence-corrected chi connectivity index (χ2v) is 5.03. The molecule has 0 N–H and O–H groups in total. The van der Waals surface area contributed by atoms with Gasteiger partial charge in [0, 0.05) is 17.7 Å². The number of carbonyl (C=O) groups excluding carboxylic acids is 1. The summed E-state index contributed by atoms with van der Waals surface area (Å²) in [4.78, 5) is 15.0. The quantitative estimate of drug-likeness (QED) is 0.708. The zero-order valence-corrected chi connectivity index (χ0v) is 9.77. The van der Waals surface area contributed by atoms with E-state index in [0.717, 1.165) is 10.7 Å². The number of ether oxygens (including phenoxy) is 1. The molecule has 1 rings (SSSR count). The van der Waals surface area contributed by atoms with E-state index in [2.05, 4.69) is 25.8 Å². The van der Waals surface area contributed by atoms with Crippen LogP contribution in [0.15, 0.2) is 5.38 Å². The monoisotopic (exact) mass is 213 g/mol. The largest absolute Gasteiger partial charge is 0.459 e. The Morgan fingerprint density at radius 2 is 2.21 bits per heavy atom. The summed E-state index contributed by atoms with van der Waals surface area (Å²) in [5.74, 6) is -0.268. The fourth-order valence-corrected chi connectivity index (χ4v) is 1.79. The third-order valence-corrected chi connectivity index (χ3v) is 2.93. The van der Waals surface area contributed by atoms with Crippen LogP contribution in [0.25, 0.3) is 0 Å². The Morgan fingerprint density at radius 1 is 1.57 bits per heavy atom. The average molecular weight is 213 g/mol. The van der Waals surface area contributed by atoms with Gasteiger partial charge >= 0.3 is 5.97 Å². The molecule has 3 nitrogen and oxygen atoms in total. The van der Waals surface area contributed by atoms with Gasteiger partial charge in [-0.1, -0.05) is 20.8 Å². The van der Waals surface area contributed by atoms with Crippen molar-refractivity contribution in [3.8, 4) is 0 Å². The summed E-state index contributed by atoms with van der Waals surface area (Å²) in [6.07, 6.45) is 0. The van der Waals surface area contributed by atoms with Crippen molar-refractivity contribution in [1.82, 2.24) is 4.98 Å². The predicted octanol–water partition coefficient (Wildman–Crippen LogP) is 2.50. The van der Waals surface area contributed by atoms with Crippen LogP contribution in [0.4, 0.5) is 0 Å². The number of carbonyl (C=O) groups is 1. The highest BCUT2D eigenvalue weighted by Crippen LogP contribution is 2.25. The highest BCUT2D eigenvalue weighted by atomic mass is 32.1. The molecular formula is C10H15NO2S. The van der Waals surface area contributed by atoms with Crippen LogP contribution in [-0.2, 0) is 21.6 Å². The van der Waals surface area contributed by atoms with E-state index in [9.17, 15) is 4.79 Å². The molecule has 0 saturated heterocycles. The van der Waals surface area contributed by atoms with Gasteiger partial charge in [0.15, 0.2) is 0 Å². The highest BCUT2D eigenvalue weighted by Gasteiger charge is 2.17. The Labute approximate surface area is 88.1 Å². The number of hydrogen-bond acceptors (Lipinski definition) is 4. The highest BCUT2D eigenvalue weighted by molar-refractivity contribution is 7.09. The maximum atomic E-state index is 10.6. The van der Waals surface area contributed by atoms with Crippen LogP contribution in [0.5, 0.6) is 0 Å². The number of thiazole rings is 1. The minimum Gasteiger partial charge on any atom is -0.459 e. The van der Waals surface area contributed by atoms with Crippen molar-refractivity contribution in [3.63, 3.8) is 0 Å². The Balaban J connectivity index is 2.64. The van der Waals surface area contributed by atoms with Gasteiger partial charge in [-0.05, 0) is 0 Å². The van der Waals surface area contributed by atoms with Gasteiger partial charge in [-0.25, -0.2) is 4.98 Å². The van der Waals surface area contributed by atoms with E-state index in [0.29, 0.717) is 0 Å². The fourth-order valence-electron chi connectivity index (χ4n) is 0.893. The lowest BCUT2D eigenvalue weighted by molar-refractivity contribution is -0.142. The van der Waals surface area contributed by atoms with Crippen molar-refractivity contribution in [1.29, 1.82) is 0 Å². The van der Waals surface area contributed by atoms with E-state index in [4.69, 9.17) is 4.74 Å². The summed E-state index contributed by atoms with van der Waals surface area (Å²) >= 11 is 1.61. The first-order valence-electron chi connectivity index (χ1n) is 4.48. The van der Waals surface area contributed by atoms with E-state index in [1.54, 1.807) is 11.3 Å². The third-order valence-electron chi connectivity index (χ3n) is 1.62. The summed E-state index contributed by atoms with van der Waals surface area (Å²) in [6.45, 7) is 8.02. The van der Waals surface area contributed by atoms with Gasteiger partial charge < -0.3 is 4.74 Å². The summed E-state index contributed by atoms with van der Waals surface area (Å²) in [6, 6.07) is 0. The molecule has 0 fully saturated rings. The topological polar surface area (TPSA) is 39.2 Å². The lowest BCUT2D eigenvalue weighted by atomic mass is 9.98. The maximum Gasteiger partial charge on any atom is 0.303 e. The molecule has 14 heavy (non-hydrogen) atoms. The molecular weight excluding hydrogens is 198 g/mol. The Morgan fingerprint density at radius 3 is 2.64 bits per heavy atom. The molecule has 0 amide bonds. The molecule has 0 unspecified atom stereocenters. The molecule has 0 atom stereocenters. The number of nitrogens with zero attached hydrogens (tertiary/aromatic N) is 1. The maximum absolute atomic E-state index is 10.6. The molecule has 0 aliphatic carbocycles. The van der Waals surface area contributed by atoms with Crippen molar-refractivity contribution in [2.75, 3.05) is 0 Å². The van der Waals surface area contributed by atoms with Crippen molar-refractivity contribution in [2.45, 2.75) is 39.7 Å². The summed E-state index contributed by atoms with van der Waals surface area (Å²) in [7, 11) is 0. The first-order valence-corrected chi connectivity index (χ1v) is 5.36. The van der Waals surface area contributed by atoms with Crippen LogP contribution in [0, 0.1) is 0 Å². The van der Waals surface area contributed by atoms with Crippen molar-refractivity contribution in [2.24, 2.45) is 0 Å². The van der Waals surface area contributed by atoms with E-state index < -0.39 is 0 Å². The molecule has 0 spiro atoms. The van der Waals surface area contributed by atoms with Crippen LogP contribution in [0.2, 0.25) is 0 Å². The Kier molecular flexibility index (Phi) is 3.26. The summed E-state index contributed by atoms with van der Waals surface area (Å²) in [5, 5.41) is 3.00. The first-order chi connectivity index (χ1) is 6.39. The fraction of sp³-hybridized carbons (Fsp3) is 0.600. The van der Waals surface area contributed by atoms with Crippen molar-refractivity contribution < 1.29 is 9.53 Å². The zero-order chi connectivity index (χ0) is 10.8. The van der Waals surface area contributed by atoms with Gasteiger partial charge in [0.25, 0.3) is 0 Å². The molecule has 1 aromatic heterocycles. The second-order valence-electron chi connectivity index (χ2n) is 4.17. The molecule has 78 valence electrons. The Bertz CT molecular complexity index is 325. The molecule has 0 bridgehead atoms. The standard InChI is InChI=1S/C10H15NO2S/c1-7(12)13-5-8-6-14-9(11-8)10(2,3)4/h6H,5H2,1-4H3. The predicted molar refractivity (Wildman–Crippen MR) is 56.3 cm³/mol. The van der Waals surface area contributed by atoms with E-state index in [-0.39, 0.29) is 18.0 Å². The van der Waals surface area contributed by atoms with Crippen LogP contribution < -0.4 is 0 Å². The van der Waals surface area contributed by atoms with Gasteiger partial charge in [-0.15, -0.1) is 11.3 Å². The molecule has 0 aliphatic heterocycles. The van der Waals surface area contributed by atoms with Crippen LogP contribution >= 0.6 is 11.3 Å². The average Bonchev–Trinajstić information content (AvgIpc) is 2.47. The first kappa shape index (κ1) is 11.2.